The van der Waals surface area contributed by atoms with E-state index in [4.69, 9.17) is 16.7 Å². The quantitative estimate of drug-likeness (QED) is 0.548. The van der Waals surface area contributed by atoms with E-state index >= 15 is 0 Å². The molecule has 1 aromatic carbocycles. The molecule has 0 bridgehead atoms. The van der Waals surface area contributed by atoms with Crippen molar-refractivity contribution in [2.24, 2.45) is 0 Å². The van der Waals surface area contributed by atoms with Crippen LogP contribution in [0.25, 0.3) is 0 Å². The number of hydrogen-bond donors (Lipinski definition) is 1. The Hall–Kier alpha value is -2.53. The largest absolute Gasteiger partial charge is 0.534 e. The Bertz CT molecular complexity index is 1060. The molecule has 12 heteroatoms. The molecule has 1 aromatic heterocycles. The van der Waals surface area contributed by atoms with Gasteiger partial charge >= 0.3 is 21.6 Å². The summed E-state index contributed by atoms with van der Waals surface area (Å²) in [4.78, 5) is 23.1. The van der Waals surface area contributed by atoms with Crippen LogP contribution in [0, 0.1) is 6.92 Å². The maximum Gasteiger partial charge on any atom is 0.534 e. The molecule has 28 heavy (non-hydrogen) atoms. The van der Waals surface area contributed by atoms with Crippen LogP contribution in [0.2, 0.25) is 5.02 Å². The second kappa shape index (κ2) is 7.84. The molecule has 1 heterocycles. The standard InChI is InChI=1S/C16H13ClF3NO6S/c1-9-8-12(27-28(25,26)16(18,19)20)13(17)14(22)21(9)7-6-10-2-4-11(5-3-10)15(23)24/h2-5,8H,6-7H2,1H3,(H,23,24). The van der Waals surface area contributed by atoms with Crippen LogP contribution in [0.15, 0.2) is 35.1 Å². The van der Waals surface area contributed by atoms with Crippen LogP contribution in [0.4, 0.5) is 13.2 Å². The van der Waals surface area contributed by atoms with Gasteiger partial charge in [0.05, 0.1) is 5.56 Å². The third-order valence-electron chi connectivity index (χ3n) is 3.72. The minimum Gasteiger partial charge on any atom is -0.478 e. The fraction of sp³-hybridized carbons (Fsp3) is 0.250. The average Bonchev–Trinajstić information content (AvgIpc) is 2.58. The smallest absolute Gasteiger partial charge is 0.478 e. The highest BCUT2D eigenvalue weighted by Crippen LogP contribution is 2.30. The first-order valence-corrected chi connectivity index (χ1v) is 9.35. The van der Waals surface area contributed by atoms with Gasteiger partial charge in [-0.05, 0) is 31.0 Å². The van der Waals surface area contributed by atoms with E-state index < -0.39 is 37.9 Å². The van der Waals surface area contributed by atoms with E-state index in [2.05, 4.69) is 4.18 Å². The molecule has 0 unspecified atom stereocenters. The highest BCUT2D eigenvalue weighted by molar-refractivity contribution is 7.88. The maximum absolute atomic E-state index is 12.4. The molecule has 152 valence electrons. The normalized spacial score (nSPS) is 12.0. The summed E-state index contributed by atoms with van der Waals surface area (Å²) in [6.45, 7) is 1.45. The van der Waals surface area contributed by atoms with Crippen LogP contribution in [0.1, 0.15) is 21.6 Å². The van der Waals surface area contributed by atoms with Gasteiger partial charge in [-0.25, -0.2) is 4.79 Å². The first-order valence-electron chi connectivity index (χ1n) is 7.56. The minimum absolute atomic E-state index is 0.0725. The molecule has 1 N–H and O–H groups in total. The maximum atomic E-state index is 12.4. The lowest BCUT2D eigenvalue weighted by molar-refractivity contribution is -0.0500. The molecule has 0 spiro atoms. The van der Waals surface area contributed by atoms with Crippen LogP contribution in [-0.4, -0.2) is 29.6 Å². The van der Waals surface area contributed by atoms with Crippen molar-refractivity contribution in [3.05, 3.63) is 62.5 Å². The van der Waals surface area contributed by atoms with Gasteiger partial charge in [-0.1, -0.05) is 23.7 Å². The zero-order valence-electron chi connectivity index (χ0n) is 14.2. The fourth-order valence-corrected chi connectivity index (χ4v) is 2.98. The summed E-state index contributed by atoms with van der Waals surface area (Å²) >= 11 is 5.71. The summed E-state index contributed by atoms with van der Waals surface area (Å²) < 4.78 is 64.6. The molecule has 2 rings (SSSR count). The van der Waals surface area contributed by atoms with E-state index in [0.29, 0.717) is 5.56 Å². The second-order valence-corrected chi connectivity index (χ2v) is 7.57. The van der Waals surface area contributed by atoms with Crippen molar-refractivity contribution < 1.29 is 35.7 Å². The van der Waals surface area contributed by atoms with Gasteiger partial charge in [0, 0.05) is 18.3 Å². The number of halogens is 4. The molecule has 0 aliphatic rings. The van der Waals surface area contributed by atoms with E-state index in [1.807, 2.05) is 0 Å². The second-order valence-electron chi connectivity index (χ2n) is 5.66. The van der Waals surface area contributed by atoms with Crippen molar-refractivity contribution in [1.82, 2.24) is 4.57 Å². The Kier molecular flexibility index (Phi) is 6.09. The molecule has 0 saturated heterocycles. The highest BCUT2D eigenvalue weighted by atomic mass is 35.5. The number of carbonyl (C=O) groups is 1. The molecule has 0 atom stereocenters. The van der Waals surface area contributed by atoms with Crippen molar-refractivity contribution >= 4 is 27.7 Å². The lowest BCUT2D eigenvalue weighted by Crippen LogP contribution is -2.30. The summed E-state index contributed by atoms with van der Waals surface area (Å²) in [6.07, 6.45) is 0.290. The first kappa shape index (κ1) is 21.8. The number of nitrogens with zero attached hydrogens (tertiary/aromatic N) is 1. The number of alkyl halides is 3. The van der Waals surface area contributed by atoms with Crippen molar-refractivity contribution in [2.75, 3.05) is 0 Å². The average molecular weight is 440 g/mol. The zero-order chi connectivity index (χ0) is 21.3. The molecule has 0 fully saturated rings. The Labute approximate surface area is 162 Å². The van der Waals surface area contributed by atoms with Gasteiger partial charge < -0.3 is 13.9 Å². The Morgan fingerprint density at radius 3 is 2.32 bits per heavy atom. The molecular formula is C16H13ClF3NO6S. The van der Waals surface area contributed by atoms with Crippen molar-refractivity contribution in [2.45, 2.75) is 25.4 Å². The highest BCUT2D eigenvalue weighted by Gasteiger charge is 2.49. The lowest BCUT2D eigenvalue weighted by atomic mass is 10.1. The summed E-state index contributed by atoms with van der Waals surface area (Å²) in [7, 11) is -5.97. The predicted molar refractivity (Wildman–Crippen MR) is 93.2 cm³/mol. The number of hydrogen-bond acceptors (Lipinski definition) is 5. The number of carboxylic acids is 1. The van der Waals surface area contributed by atoms with Gasteiger partial charge in [-0.2, -0.15) is 21.6 Å². The van der Waals surface area contributed by atoms with E-state index in [1.165, 1.54) is 19.1 Å². The SMILES string of the molecule is Cc1cc(OS(=O)(=O)C(F)(F)F)c(Cl)c(=O)n1CCc1ccc(C(=O)O)cc1. The molecule has 0 amide bonds. The fourth-order valence-electron chi connectivity index (χ4n) is 2.27. The van der Waals surface area contributed by atoms with Crippen molar-refractivity contribution in [1.29, 1.82) is 0 Å². The summed E-state index contributed by atoms with van der Waals surface area (Å²) in [5.41, 5.74) is -5.67. The zero-order valence-corrected chi connectivity index (χ0v) is 15.7. The molecule has 0 aliphatic heterocycles. The van der Waals surface area contributed by atoms with Gasteiger partial charge in [-0.3, -0.25) is 4.79 Å². The predicted octanol–water partition coefficient (Wildman–Crippen LogP) is 2.98. The van der Waals surface area contributed by atoms with E-state index in [0.717, 1.165) is 10.6 Å². The number of benzene rings is 1. The summed E-state index contributed by atoms with van der Waals surface area (Å²) in [6, 6.07) is 6.80. The van der Waals surface area contributed by atoms with Crippen LogP contribution < -0.4 is 9.74 Å². The van der Waals surface area contributed by atoms with Crippen LogP contribution in [0.5, 0.6) is 5.75 Å². The topological polar surface area (TPSA) is 103 Å². The molecule has 0 saturated carbocycles. The number of aromatic nitrogens is 1. The van der Waals surface area contributed by atoms with Gasteiger partial charge in [0.25, 0.3) is 5.56 Å². The first-order chi connectivity index (χ1) is 12.8. The number of aromatic carboxylic acids is 1. The molecule has 0 aliphatic carbocycles. The van der Waals surface area contributed by atoms with Gasteiger partial charge in [0.2, 0.25) is 0 Å². The molecular weight excluding hydrogens is 427 g/mol. The molecule has 7 nitrogen and oxygen atoms in total. The Morgan fingerprint density at radius 1 is 1.25 bits per heavy atom. The van der Waals surface area contributed by atoms with Crippen LogP contribution >= 0.6 is 11.6 Å². The van der Waals surface area contributed by atoms with Gasteiger partial charge in [-0.15, -0.1) is 0 Å². The van der Waals surface area contributed by atoms with E-state index in [-0.39, 0.29) is 24.2 Å². The third-order valence-corrected chi connectivity index (χ3v) is 5.04. The number of carboxylic acid groups (broad SMARTS) is 1. The monoisotopic (exact) mass is 439 g/mol. The van der Waals surface area contributed by atoms with E-state index in [9.17, 15) is 31.2 Å². The lowest BCUT2D eigenvalue weighted by Gasteiger charge is -2.15. The van der Waals surface area contributed by atoms with Crippen molar-refractivity contribution in [3.8, 4) is 5.75 Å². The molecule has 2 aromatic rings. The van der Waals surface area contributed by atoms with Gasteiger partial charge in [0.1, 0.15) is 5.02 Å². The minimum atomic E-state index is -5.97. The summed E-state index contributed by atoms with van der Waals surface area (Å²) in [5, 5.41) is 8.05. The number of aryl methyl sites for hydroxylation is 2. The summed E-state index contributed by atoms with van der Waals surface area (Å²) in [5.74, 6) is -2.00. The van der Waals surface area contributed by atoms with Crippen LogP contribution in [0.3, 0.4) is 0 Å². The van der Waals surface area contributed by atoms with Gasteiger partial charge in [0.15, 0.2) is 5.75 Å². The third kappa shape index (κ3) is 4.65. The van der Waals surface area contributed by atoms with Crippen molar-refractivity contribution in [3.63, 3.8) is 0 Å². The Morgan fingerprint density at radius 2 is 1.82 bits per heavy atom. The molecule has 0 radical (unpaired) electrons. The van der Waals surface area contributed by atoms with Crippen LogP contribution in [-0.2, 0) is 23.1 Å². The van der Waals surface area contributed by atoms with E-state index in [1.54, 1.807) is 12.1 Å². The number of rotatable bonds is 6. The Balaban J connectivity index is 2.27. The number of pyridine rings is 1.